The number of benzene rings is 2. The minimum absolute atomic E-state index is 0.301. The molecule has 33 heavy (non-hydrogen) atoms. The number of ether oxygens (including phenoxy) is 3. The van der Waals surface area contributed by atoms with Crippen LogP contribution in [0.25, 0.3) is 10.9 Å². The Morgan fingerprint density at radius 2 is 1.76 bits per heavy atom. The number of nitrogens with zero attached hydrogens (tertiary/aromatic N) is 1. The molecule has 176 valence electrons. The number of fused-ring (bicyclic) bond motifs is 1. The number of aromatic nitrogens is 1. The predicted molar refractivity (Wildman–Crippen MR) is 128 cm³/mol. The van der Waals surface area contributed by atoms with Crippen LogP contribution in [0.4, 0.5) is 4.79 Å². The van der Waals surface area contributed by atoms with Gasteiger partial charge in [0.15, 0.2) is 0 Å². The third-order valence-corrected chi connectivity index (χ3v) is 5.12. The molecule has 0 fully saturated rings. The predicted octanol–water partition coefficient (Wildman–Crippen LogP) is 5.87. The summed E-state index contributed by atoms with van der Waals surface area (Å²) in [6.45, 7) is 8.02. The Balaban J connectivity index is 1.66. The van der Waals surface area contributed by atoms with E-state index in [9.17, 15) is 9.59 Å². The van der Waals surface area contributed by atoms with Crippen LogP contribution in [0.1, 0.15) is 43.7 Å². The number of alkyl carbamates (subject to hydrolysis) is 1. The molecule has 0 saturated carbocycles. The van der Waals surface area contributed by atoms with Crippen LogP contribution in [0.5, 0.6) is 11.5 Å². The van der Waals surface area contributed by atoms with Crippen LogP contribution < -0.4 is 10.1 Å². The topological polar surface area (TPSA) is 78.8 Å². The van der Waals surface area contributed by atoms with Crippen molar-refractivity contribution in [3.8, 4) is 11.5 Å². The fourth-order valence-electron chi connectivity index (χ4n) is 3.31. The maximum atomic E-state index is 12.2. The standard InChI is InChI=1S/C25H29ClN2O5/c1-6-31-23(29)22-15-19-20(26)13-18(14-21(19)28(22)5)32-17-9-7-16(8-10-17)11-12-27-24(30)33-25(2,3)4/h7-10,13-15H,6,11-12H2,1-5H3,(H,27,30). The molecule has 1 amide bonds. The maximum absolute atomic E-state index is 12.2. The molecular formula is C25H29ClN2O5. The summed E-state index contributed by atoms with van der Waals surface area (Å²) in [6, 6.07) is 12.9. The summed E-state index contributed by atoms with van der Waals surface area (Å²) >= 11 is 6.45. The quantitative estimate of drug-likeness (QED) is 0.435. The molecule has 0 radical (unpaired) electrons. The molecule has 0 bridgehead atoms. The molecule has 1 heterocycles. The Labute approximate surface area is 198 Å². The third-order valence-electron chi connectivity index (χ3n) is 4.81. The molecule has 0 aliphatic heterocycles. The van der Waals surface area contributed by atoms with Gasteiger partial charge in [-0.05, 0) is 57.9 Å². The zero-order chi connectivity index (χ0) is 24.2. The summed E-state index contributed by atoms with van der Waals surface area (Å²) < 4.78 is 18.1. The largest absolute Gasteiger partial charge is 0.461 e. The zero-order valence-corrected chi connectivity index (χ0v) is 20.3. The molecule has 3 rings (SSSR count). The van der Waals surface area contributed by atoms with Gasteiger partial charge in [-0.1, -0.05) is 23.7 Å². The number of halogens is 1. The number of carbonyl (C=O) groups excluding carboxylic acids is 2. The van der Waals surface area contributed by atoms with E-state index in [0.29, 0.717) is 41.8 Å². The van der Waals surface area contributed by atoms with Crippen molar-refractivity contribution in [2.45, 2.75) is 39.7 Å². The zero-order valence-electron chi connectivity index (χ0n) is 19.5. The molecule has 0 spiro atoms. The van der Waals surface area contributed by atoms with E-state index in [2.05, 4.69) is 5.32 Å². The van der Waals surface area contributed by atoms with Gasteiger partial charge in [-0.15, -0.1) is 0 Å². The molecule has 1 aromatic heterocycles. The van der Waals surface area contributed by atoms with Gasteiger partial charge in [-0.2, -0.15) is 0 Å². The number of rotatable bonds is 7. The molecule has 1 N–H and O–H groups in total. The number of amides is 1. The van der Waals surface area contributed by atoms with E-state index in [1.54, 1.807) is 30.7 Å². The second-order valence-electron chi connectivity index (χ2n) is 8.57. The Morgan fingerprint density at radius 1 is 1.06 bits per heavy atom. The van der Waals surface area contributed by atoms with E-state index >= 15 is 0 Å². The van der Waals surface area contributed by atoms with E-state index in [1.165, 1.54) is 0 Å². The Hall–Kier alpha value is -3.19. The third kappa shape index (κ3) is 6.42. The minimum Gasteiger partial charge on any atom is -0.461 e. The lowest BCUT2D eigenvalue weighted by atomic mass is 10.1. The van der Waals surface area contributed by atoms with Gasteiger partial charge in [0.2, 0.25) is 0 Å². The van der Waals surface area contributed by atoms with Crippen LogP contribution in [0.3, 0.4) is 0 Å². The highest BCUT2D eigenvalue weighted by Gasteiger charge is 2.18. The Morgan fingerprint density at radius 3 is 2.39 bits per heavy atom. The van der Waals surface area contributed by atoms with E-state index in [1.807, 2.05) is 51.1 Å². The lowest BCUT2D eigenvalue weighted by molar-refractivity contribution is 0.0510. The number of hydrogen-bond acceptors (Lipinski definition) is 5. The lowest BCUT2D eigenvalue weighted by Crippen LogP contribution is -2.33. The van der Waals surface area contributed by atoms with Crippen molar-refractivity contribution >= 4 is 34.6 Å². The summed E-state index contributed by atoms with van der Waals surface area (Å²) in [7, 11) is 1.79. The number of nitrogens with one attached hydrogen (secondary N) is 1. The molecule has 3 aromatic rings. The van der Waals surface area contributed by atoms with Crippen LogP contribution in [-0.4, -0.2) is 35.4 Å². The second kappa shape index (κ2) is 10.2. The number of aryl methyl sites for hydroxylation is 1. The summed E-state index contributed by atoms with van der Waals surface area (Å²) in [4.78, 5) is 23.9. The molecule has 0 aliphatic rings. The van der Waals surface area contributed by atoms with Gasteiger partial charge in [0, 0.05) is 31.1 Å². The van der Waals surface area contributed by atoms with Crippen LogP contribution >= 0.6 is 11.6 Å². The molecule has 7 nitrogen and oxygen atoms in total. The van der Waals surface area contributed by atoms with Crippen LogP contribution in [-0.2, 0) is 22.9 Å². The molecular weight excluding hydrogens is 444 g/mol. The monoisotopic (exact) mass is 472 g/mol. The van der Waals surface area contributed by atoms with Crippen molar-refractivity contribution in [3.05, 3.63) is 58.7 Å². The van der Waals surface area contributed by atoms with Crippen molar-refractivity contribution in [2.24, 2.45) is 7.05 Å². The fraction of sp³-hybridized carbons (Fsp3) is 0.360. The highest BCUT2D eigenvalue weighted by molar-refractivity contribution is 6.35. The van der Waals surface area contributed by atoms with E-state index in [4.69, 9.17) is 25.8 Å². The molecule has 0 unspecified atom stereocenters. The van der Waals surface area contributed by atoms with Gasteiger partial charge < -0.3 is 24.1 Å². The van der Waals surface area contributed by atoms with Crippen LogP contribution in [0.15, 0.2) is 42.5 Å². The number of carbonyl (C=O) groups is 2. The SMILES string of the molecule is CCOC(=O)c1cc2c(Cl)cc(Oc3ccc(CCNC(=O)OC(C)(C)C)cc3)cc2n1C. The molecule has 0 aliphatic carbocycles. The lowest BCUT2D eigenvalue weighted by Gasteiger charge is -2.19. The smallest absolute Gasteiger partial charge is 0.407 e. The van der Waals surface area contributed by atoms with Crippen LogP contribution in [0.2, 0.25) is 5.02 Å². The first-order valence-electron chi connectivity index (χ1n) is 10.8. The molecule has 8 heteroatoms. The molecule has 2 aromatic carbocycles. The number of hydrogen-bond donors (Lipinski definition) is 1. The first-order valence-corrected chi connectivity index (χ1v) is 11.1. The average Bonchev–Trinajstić information content (AvgIpc) is 3.05. The normalized spacial score (nSPS) is 11.3. The summed E-state index contributed by atoms with van der Waals surface area (Å²) in [5.41, 5.74) is 1.73. The summed E-state index contributed by atoms with van der Waals surface area (Å²) in [5, 5.41) is 3.98. The first kappa shape index (κ1) is 24.5. The fourth-order valence-corrected chi connectivity index (χ4v) is 3.56. The highest BCUT2D eigenvalue weighted by atomic mass is 35.5. The van der Waals surface area contributed by atoms with E-state index in [0.717, 1.165) is 16.5 Å². The summed E-state index contributed by atoms with van der Waals surface area (Å²) in [6.07, 6.45) is 0.235. The van der Waals surface area contributed by atoms with Gasteiger partial charge >= 0.3 is 12.1 Å². The van der Waals surface area contributed by atoms with Crippen molar-refractivity contribution in [1.82, 2.24) is 9.88 Å². The van der Waals surface area contributed by atoms with E-state index < -0.39 is 17.7 Å². The second-order valence-corrected chi connectivity index (χ2v) is 8.98. The number of esters is 1. The van der Waals surface area contributed by atoms with Crippen LogP contribution in [0, 0.1) is 0 Å². The van der Waals surface area contributed by atoms with Crippen molar-refractivity contribution < 1.29 is 23.8 Å². The van der Waals surface area contributed by atoms with Gasteiger partial charge in [-0.3, -0.25) is 0 Å². The Kier molecular flexibility index (Phi) is 7.53. The van der Waals surface area contributed by atoms with Gasteiger partial charge in [-0.25, -0.2) is 9.59 Å². The highest BCUT2D eigenvalue weighted by Crippen LogP contribution is 2.33. The van der Waals surface area contributed by atoms with Gasteiger partial charge in [0.05, 0.1) is 17.1 Å². The van der Waals surface area contributed by atoms with Gasteiger partial charge in [0.1, 0.15) is 22.8 Å². The minimum atomic E-state index is -0.519. The van der Waals surface area contributed by atoms with E-state index in [-0.39, 0.29) is 0 Å². The average molecular weight is 473 g/mol. The van der Waals surface area contributed by atoms with Crippen molar-refractivity contribution in [3.63, 3.8) is 0 Å². The van der Waals surface area contributed by atoms with Crippen molar-refractivity contribution in [1.29, 1.82) is 0 Å². The maximum Gasteiger partial charge on any atom is 0.407 e. The first-order chi connectivity index (χ1) is 15.6. The Bertz CT molecular complexity index is 1150. The molecule has 0 atom stereocenters. The molecule has 0 saturated heterocycles. The van der Waals surface area contributed by atoms with Gasteiger partial charge in [0.25, 0.3) is 0 Å². The van der Waals surface area contributed by atoms with Crippen molar-refractivity contribution in [2.75, 3.05) is 13.2 Å². The summed E-state index contributed by atoms with van der Waals surface area (Å²) in [5.74, 6) is 0.809.